The van der Waals surface area contributed by atoms with E-state index in [2.05, 4.69) is 21.0 Å². The lowest BCUT2D eigenvalue weighted by Gasteiger charge is -2.11. The normalized spacial score (nSPS) is 10.4. The summed E-state index contributed by atoms with van der Waals surface area (Å²) in [6, 6.07) is 13.8. The van der Waals surface area contributed by atoms with Gasteiger partial charge in [0, 0.05) is 10.0 Å². The fourth-order valence-corrected chi connectivity index (χ4v) is 3.46. The quantitative estimate of drug-likeness (QED) is 0.328. The highest BCUT2D eigenvalue weighted by molar-refractivity contribution is 9.10. The van der Waals surface area contributed by atoms with Crippen molar-refractivity contribution in [1.82, 2.24) is 9.78 Å². The van der Waals surface area contributed by atoms with Gasteiger partial charge in [0.2, 0.25) is 0 Å². The maximum absolute atomic E-state index is 12.8. The molecule has 0 saturated heterocycles. The zero-order valence-corrected chi connectivity index (χ0v) is 19.7. The first kappa shape index (κ1) is 24.0. The summed E-state index contributed by atoms with van der Waals surface area (Å²) in [5.41, 5.74) is 0.785. The second-order valence-electron chi connectivity index (χ2n) is 6.54. The second-order valence-corrected chi connectivity index (χ2v) is 7.45. The van der Waals surface area contributed by atoms with Crippen LogP contribution in [0.5, 0.6) is 5.75 Å². The van der Waals surface area contributed by atoms with E-state index in [9.17, 15) is 14.4 Å². The van der Waals surface area contributed by atoms with Gasteiger partial charge in [-0.05, 0) is 37.3 Å². The first-order chi connectivity index (χ1) is 15.9. The van der Waals surface area contributed by atoms with E-state index in [1.807, 2.05) is 6.07 Å². The molecule has 3 aromatic rings. The molecule has 0 atom stereocenters. The predicted octanol–water partition coefficient (Wildman–Crippen LogP) is 3.82. The van der Waals surface area contributed by atoms with Crippen LogP contribution in [0.1, 0.15) is 27.8 Å². The number of para-hydroxylation sites is 1. The monoisotopic (exact) mass is 516 g/mol. The molecule has 0 aliphatic rings. The summed E-state index contributed by atoms with van der Waals surface area (Å²) in [5, 5.41) is 4.55. The minimum Gasteiger partial charge on any atom is -0.481 e. The Balaban J connectivity index is 2.26. The number of carbonyl (C=O) groups is 3. The average molecular weight is 517 g/mol. The largest absolute Gasteiger partial charge is 0.481 e. The zero-order chi connectivity index (χ0) is 24.0. The second kappa shape index (κ2) is 10.8. The SMILES string of the molecule is CCOC(=O)COc1ccc(Br)cc1-c1nn(-c2ccccc2)c(C(=O)OC)c1C(=O)OC. The number of halogens is 1. The van der Waals surface area contributed by atoms with Crippen LogP contribution in [-0.4, -0.2) is 55.1 Å². The third kappa shape index (κ3) is 5.23. The van der Waals surface area contributed by atoms with Gasteiger partial charge in [0.1, 0.15) is 17.0 Å². The van der Waals surface area contributed by atoms with E-state index in [1.165, 1.54) is 18.9 Å². The van der Waals surface area contributed by atoms with E-state index in [0.29, 0.717) is 15.7 Å². The van der Waals surface area contributed by atoms with Gasteiger partial charge >= 0.3 is 17.9 Å². The Hall–Kier alpha value is -3.66. The van der Waals surface area contributed by atoms with E-state index in [0.717, 1.165) is 0 Å². The van der Waals surface area contributed by atoms with E-state index < -0.39 is 17.9 Å². The van der Waals surface area contributed by atoms with Crippen LogP contribution in [0.3, 0.4) is 0 Å². The van der Waals surface area contributed by atoms with Crippen molar-refractivity contribution in [2.45, 2.75) is 6.92 Å². The Kier molecular flexibility index (Phi) is 7.83. The number of nitrogens with zero attached hydrogens (tertiary/aromatic N) is 2. The van der Waals surface area contributed by atoms with E-state index in [4.69, 9.17) is 18.9 Å². The van der Waals surface area contributed by atoms with Crippen LogP contribution >= 0.6 is 15.9 Å². The molecule has 0 unspecified atom stereocenters. The van der Waals surface area contributed by atoms with Gasteiger partial charge in [-0.1, -0.05) is 34.1 Å². The van der Waals surface area contributed by atoms with Gasteiger partial charge in [-0.25, -0.2) is 19.1 Å². The molecule has 33 heavy (non-hydrogen) atoms. The van der Waals surface area contributed by atoms with Crippen LogP contribution in [0.4, 0.5) is 0 Å². The number of rotatable bonds is 8. The highest BCUT2D eigenvalue weighted by atomic mass is 79.9. The lowest BCUT2D eigenvalue weighted by molar-refractivity contribution is -0.145. The van der Waals surface area contributed by atoms with Crippen LogP contribution in [0.25, 0.3) is 16.9 Å². The van der Waals surface area contributed by atoms with Crippen molar-refractivity contribution in [2.75, 3.05) is 27.4 Å². The van der Waals surface area contributed by atoms with Gasteiger partial charge in [0.15, 0.2) is 12.3 Å². The van der Waals surface area contributed by atoms with Crippen molar-refractivity contribution in [3.05, 3.63) is 64.3 Å². The van der Waals surface area contributed by atoms with Gasteiger partial charge in [-0.15, -0.1) is 0 Å². The molecule has 0 amide bonds. The fourth-order valence-electron chi connectivity index (χ4n) is 3.10. The Morgan fingerprint density at radius 2 is 1.70 bits per heavy atom. The van der Waals surface area contributed by atoms with Crippen LogP contribution in [0, 0.1) is 0 Å². The average Bonchev–Trinajstić information content (AvgIpc) is 3.23. The number of esters is 3. The van der Waals surface area contributed by atoms with Crippen molar-refractivity contribution in [3.8, 4) is 22.7 Å². The number of benzene rings is 2. The Labute approximate surface area is 198 Å². The van der Waals surface area contributed by atoms with Crippen molar-refractivity contribution < 1.29 is 33.3 Å². The molecular weight excluding hydrogens is 496 g/mol. The number of aromatic nitrogens is 2. The minimum atomic E-state index is -0.788. The number of carbonyl (C=O) groups excluding carboxylic acids is 3. The number of hydrogen-bond donors (Lipinski definition) is 0. The molecule has 0 saturated carbocycles. The molecule has 1 aromatic heterocycles. The van der Waals surface area contributed by atoms with Crippen molar-refractivity contribution in [1.29, 1.82) is 0 Å². The number of ether oxygens (including phenoxy) is 4. The third-order valence-corrected chi connectivity index (χ3v) is 5.00. The van der Waals surface area contributed by atoms with Crippen LogP contribution in [0.15, 0.2) is 53.0 Å². The first-order valence-electron chi connectivity index (χ1n) is 9.84. The van der Waals surface area contributed by atoms with E-state index >= 15 is 0 Å². The summed E-state index contributed by atoms with van der Waals surface area (Å²) >= 11 is 3.40. The molecule has 3 rings (SSSR count). The molecule has 1 heterocycles. The summed E-state index contributed by atoms with van der Waals surface area (Å²) in [5.74, 6) is -1.86. The van der Waals surface area contributed by atoms with Gasteiger partial charge < -0.3 is 18.9 Å². The lowest BCUT2D eigenvalue weighted by atomic mass is 10.0. The topological polar surface area (TPSA) is 106 Å². The van der Waals surface area contributed by atoms with E-state index in [-0.39, 0.29) is 35.9 Å². The molecule has 0 aliphatic heterocycles. The minimum absolute atomic E-state index is 0.104. The van der Waals surface area contributed by atoms with Crippen molar-refractivity contribution in [2.24, 2.45) is 0 Å². The molecule has 9 nitrogen and oxygen atoms in total. The summed E-state index contributed by atoms with van der Waals surface area (Å²) in [6.45, 7) is 1.56. The Bertz CT molecular complexity index is 1180. The number of hydrogen-bond acceptors (Lipinski definition) is 8. The molecule has 0 bridgehead atoms. The maximum atomic E-state index is 12.8. The van der Waals surface area contributed by atoms with Gasteiger partial charge in [0.25, 0.3) is 0 Å². The first-order valence-corrected chi connectivity index (χ1v) is 10.6. The molecule has 0 aliphatic carbocycles. The molecule has 2 aromatic carbocycles. The van der Waals surface area contributed by atoms with Crippen molar-refractivity contribution in [3.63, 3.8) is 0 Å². The summed E-state index contributed by atoms with van der Waals surface area (Å²) in [4.78, 5) is 37.4. The molecular formula is C23H21BrN2O7. The highest BCUT2D eigenvalue weighted by Gasteiger charge is 2.32. The van der Waals surface area contributed by atoms with Gasteiger partial charge in [-0.3, -0.25) is 0 Å². The fraction of sp³-hybridized carbons (Fsp3) is 0.217. The summed E-state index contributed by atoms with van der Waals surface area (Å²) in [6.07, 6.45) is 0. The molecule has 10 heteroatoms. The molecule has 172 valence electrons. The van der Waals surface area contributed by atoms with Crippen LogP contribution < -0.4 is 4.74 Å². The molecule has 0 spiro atoms. The van der Waals surface area contributed by atoms with E-state index in [1.54, 1.807) is 49.4 Å². The highest BCUT2D eigenvalue weighted by Crippen LogP contribution is 2.36. The summed E-state index contributed by atoms with van der Waals surface area (Å²) < 4.78 is 22.4. The number of methoxy groups -OCH3 is 2. The third-order valence-electron chi connectivity index (χ3n) is 4.50. The molecule has 0 fully saturated rings. The van der Waals surface area contributed by atoms with Gasteiger partial charge in [0.05, 0.1) is 26.5 Å². The molecule has 0 N–H and O–H groups in total. The maximum Gasteiger partial charge on any atom is 0.357 e. The smallest absolute Gasteiger partial charge is 0.357 e. The predicted molar refractivity (Wildman–Crippen MR) is 122 cm³/mol. The van der Waals surface area contributed by atoms with Crippen molar-refractivity contribution >= 4 is 33.8 Å². The zero-order valence-electron chi connectivity index (χ0n) is 18.2. The Morgan fingerprint density at radius 3 is 2.33 bits per heavy atom. The van der Waals surface area contributed by atoms with Gasteiger partial charge in [-0.2, -0.15) is 5.10 Å². The summed E-state index contributed by atoms with van der Waals surface area (Å²) in [7, 11) is 2.41. The lowest BCUT2D eigenvalue weighted by Crippen LogP contribution is -2.16. The van der Waals surface area contributed by atoms with Crippen LogP contribution in [-0.2, 0) is 19.0 Å². The standard InChI is InChI=1S/C23H21BrN2O7/c1-4-32-18(27)13-33-17-11-10-14(24)12-16(17)20-19(22(28)30-2)21(23(29)31-3)26(25-20)15-8-6-5-7-9-15/h5-12H,4,13H2,1-3H3. The Morgan fingerprint density at radius 1 is 1.00 bits per heavy atom. The molecule has 0 radical (unpaired) electrons. The van der Waals surface area contributed by atoms with Crippen LogP contribution in [0.2, 0.25) is 0 Å².